The normalized spacial score (nSPS) is 10.8. The van der Waals surface area contributed by atoms with E-state index in [1.165, 1.54) is 6.07 Å². The molecule has 0 spiro atoms. The van der Waals surface area contributed by atoms with E-state index in [-0.39, 0.29) is 5.56 Å². The van der Waals surface area contributed by atoms with Crippen LogP contribution in [0.2, 0.25) is 0 Å². The number of hydrogen-bond donors (Lipinski definition) is 0. The topological polar surface area (TPSA) is 66.9 Å². The molecule has 0 unspecified atom stereocenters. The zero-order chi connectivity index (χ0) is 15.0. The summed E-state index contributed by atoms with van der Waals surface area (Å²) in [5.41, 5.74) is 1.77. The van der Waals surface area contributed by atoms with Crippen LogP contribution in [0.3, 0.4) is 0 Å². The maximum atomic E-state index is 13.6. The summed E-state index contributed by atoms with van der Waals surface area (Å²) in [6, 6.07) is 8.25. The van der Waals surface area contributed by atoms with Gasteiger partial charge in [-0.25, -0.2) is 13.9 Å². The van der Waals surface area contributed by atoms with Gasteiger partial charge >= 0.3 is 0 Å². The molecule has 0 bridgehead atoms. The molecule has 2 heterocycles. The largest absolute Gasteiger partial charge is 0.253 e. The summed E-state index contributed by atoms with van der Waals surface area (Å²) >= 11 is 1.15. The van der Waals surface area contributed by atoms with Gasteiger partial charge in [0.05, 0.1) is 0 Å². The van der Waals surface area contributed by atoms with Gasteiger partial charge in [-0.1, -0.05) is 6.07 Å². The molecule has 3 rings (SSSR count). The Morgan fingerprint density at radius 3 is 2.86 bits per heavy atom. The number of aromatic nitrogens is 4. The van der Waals surface area contributed by atoms with Gasteiger partial charge in [-0.05, 0) is 43.8 Å². The monoisotopic (exact) mass is 299 g/mol. The third-order valence-corrected chi connectivity index (χ3v) is 3.80. The van der Waals surface area contributed by atoms with Gasteiger partial charge in [0.1, 0.15) is 17.4 Å². The molecule has 0 fully saturated rings. The molecule has 0 aliphatic heterocycles. The summed E-state index contributed by atoms with van der Waals surface area (Å²) < 4.78 is 15.2. The van der Waals surface area contributed by atoms with Crippen LogP contribution in [0.1, 0.15) is 17.0 Å². The molecular formula is C14H10FN5S. The number of aryl methyl sites for hydroxylation is 2. The zero-order valence-corrected chi connectivity index (χ0v) is 12.1. The third-order valence-electron chi connectivity index (χ3n) is 2.89. The van der Waals surface area contributed by atoms with Crippen LogP contribution < -0.4 is 0 Å². The zero-order valence-electron chi connectivity index (χ0n) is 11.3. The Kier molecular flexibility index (Phi) is 3.31. The molecule has 0 amide bonds. The van der Waals surface area contributed by atoms with Crippen molar-refractivity contribution in [1.82, 2.24) is 19.6 Å². The fraction of sp³-hybridized carbons (Fsp3) is 0.143. The number of halogens is 1. The van der Waals surface area contributed by atoms with Crippen molar-refractivity contribution in [2.24, 2.45) is 0 Å². The lowest BCUT2D eigenvalue weighted by molar-refractivity contribution is 0.620. The highest BCUT2D eigenvalue weighted by Gasteiger charge is 2.13. The van der Waals surface area contributed by atoms with Crippen LogP contribution in [-0.4, -0.2) is 19.6 Å². The highest BCUT2D eigenvalue weighted by molar-refractivity contribution is 7.99. The second-order valence-electron chi connectivity index (χ2n) is 4.47. The Morgan fingerprint density at radius 1 is 1.29 bits per heavy atom. The van der Waals surface area contributed by atoms with Gasteiger partial charge < -0.3 is 0 Å². The molecule has 3 aromatic rings. The molecule has 0 atom stereocenters. The van der Waals surface area contributed by atoms with Crippen molar-refractivity contribution in [3.05, 3.63) is 47.0 Å². The minimum Gasteiger partial charge on any atom is -0.216 e. The summed E-state index contributed by atoms with van der Waals surface area (Å²) in [7, 11) is 0. The first-order chi connectivity index (χ1) is 10.1. The number of nitrogens with zero attached hydrogens (tertiary/aromatic N) is 5. The first-order valence-corrected chi connectivity index (χ1v) is 6.97. The van der Waals surface area contributed by atoms with Crippen molar-refractivity contribution in [3.8, 4) is 6.07 Å². The van der Waals surface area contributed by atoms with Crippen LogP contribution in [0.5, 0.6) is 0 Å². The standard InChI is InChI=1S/C14H10FN5S/c1-8-6-9(2)20-13(17-8)18-14(19-20)21-12-5-3-4-11(15)10(12)7-16/h3-6H,1-2H3. The van der Waals surface area contributed by atoms with Gasteiger partial charge in [-0.15, -0.1) is 5.10 Å². The van der Waals surface area contributed by atoms with Crippen molar-refractivity contribution in [2.45, 2.75) is 23.9 Å². The van der Waals surface area contributed by atoms with E-state index < -0.39 is 5.82 Å². The molecule has 0 saturated carbocycles. The number of nitriles is 1. The van der Waals surface area contributed by atoms with Crippen molar-refractivity contribution in [1.29, 1.82) is 5.26 Å². The Bertz CT molecular complexity index is 881. The van der Waals surface area contributed by atoms with Gasteiger partial charge in [0.2, 0.25) is 5.16 Å². The van der Waals surface area contributed by atoms with E-state index in [1.54, 1.807) is 16.6 Å². The van der Waals surface area contributed by atoms with Crippen LogP contribution in [0.15, 0.2) is 34.3 Å². The molecule has 0 radical (unpaired) electrons. The summed E-state index contributed by atoms with van der Waals surface area (Å²) in [5.74, 6) is -0.0543. The van der Waals surface area contributed by atoms with E-state index in [9.17, 15) is 4.39 Å². The van der Waals surface area contributed by atoms with Crippen LogP contribution in [0.25, 0.3) is 5.78 Å². The minimum atomic E-state index is -0.545. The molecule has 0 aliphatic rings. The summed E-state index contributed by atoms with van der Waals surface area (Å²) in [4.78, 5) is 9.09. The molecule has 21 heavy (non-hydrogen) atoms. The summed E-state index contributed by atoms with van der Waals surface area (Å²) in [5, 5.41) is 13.8. The third kappa shape index (κ3) is 2.45. The smallest absolute Gasteiger partial charge is 0.216 e. The summed E-state index contributed by atoms with van der Waals surface area (Å²) in [6.07, 6.45) is 0. The molecular weight excluding hydrogens is 289 g/mol. The fourth-order valence-electron chi connectivity index (χ4n) is 1.99. The molecule has 104 valence electrons. The second kappa shape index (κ2) is 5.14. The highest BCUT2D eigenvalue weighted by atomic mass is 32.2. The van der Waals surface area contributed by atoms with Crippen molar-refractivity contribution in [3.63, 3.8) is 0 Å². The van der Waals surface area contributed by atoms with Crippen LogP contribution >= 0.6 is 11.8 Å². The summed E-state index contributed by atoms with van der Waals surface area (Å²) in [6.45, 7) is 3.79. The van der Waals surface area contributed by atoms with Crippen LogP contribution in [0, 0.1) is 31.0 Å². The molecule has 5 nitrogen and oxygen atoms in total. The molecule has 0 aliphatic carbocycles. The predicted molar refractivity (Wildman–Crippen MR) is 75.5 cm³/mol. The Balaban J connectivity index is 2.05. The van der Waals surface area contributed by atoms with Gasteiger partial charge in [0.25, 0.3) is 5.78 Å². The lowest BCUT2D eigenvalue weighted by atomic mass is 10.2. The number of fused-ring (bicyclic) bond motifs is 1. The first kappa shape index (κ1) is 13.5. The highest BCUT2D eigenvalue weighted by Crippen LogP contribution is 2.29. The molecule has 0 saturated heterocycles. The Labute approximate surface area is 124 Å². The van der Waals surface area contributed by atoms with Crippen LogP contribution in [0.4, 0.5) is 4.39 Å². The number of rotatable bonds is 2. The SMILES string of the molecule is Cc1cc(C)n2nc(Sc3cccc(F)c3C#N)nc2n1. The average molecular weight is 299 g/mol. The first-order valence-electron chi connectivity index (χ1n) is 6.16. The van der Waals surface area contributed by atoms with Gasteiger partial charge in [0, 0.05) is 16.3 Å². The molecule has 0 N–H and O–H groups in total. The Hall–Kier alpha value is -2.46. The van der Waals surface area contributed by atoms with E-state index in [4.69, 9.17) is 5.26 Å². The number of hydrogen-bond acceptors (Lipinski definition) is 5. The minimum absolute atomic E-state index is 0.00205. The van der Waals surface area contributed by atoms with E-state index in [2.05, 4.69) is 15.1 Å². The van der Waals surface area contributed by atoms with Crippen molar-refractivity contribution in [2.75, 3.05) is 0 Å². The molecule has 1 aromatic carbocycles. The Morgan fingerprint density at radius 2 is 2.10 bits per heavy atom. The average Bonchev–Trinajstić information content (AvgIpc) is 2.82. The quantitative estimate of drug-likeness (QED) is 0.728. The van der Waals surface area contributed by atoms with Gasteiger partial charge in [-0.3, -0.25) is 0 Å². The van der Waals surface area contributed by atoms with Gasteiger partial charge in [-0.2, -0.15) is 10.2 Å². The van der Waals surface area contributed by atoms with Gasteiger partial charge in [0.15, 0.2) is 0 Å². The lowest BCUT2D eigenvalue weighted by Gasteiger charge is -2.00. The molecule has 2 aromatic heterocycles. The molecule has 7 heteroatoms. The van der Waals surface area contributed by atoms with Crippen molar-refractivity contribution >= 4 is 17.5 Å². The predicted octanol–water partition coefficient (Wildman–Crippen LogP) is 2.90. The maximum Gasteiger partial charge on any atom is 0.253 e. The van der Waals surface area contributed by atoms with E-state index in [0.29, 0.717) is 15.8 Å². The van der Waals surface area contributed by atoms with Crippen molar-refractivity contribution < 1.29 is 4.39 Å². The maximum absolute atomic E-state index is 13.6. The second-order valence-corrected chi connectivity index (χ2v) is 5.48. The van der Waals surface area contributed by atoms with Crippen LogP contribution in [-0.2, 0) is 0 Å². The number of benzene rings is 1. The fourth-order valence-corrected chi connectivity index (χ4v) is 2.83. The lowest BCUT2D eigenvalue weighted by Crippen LogP contribution is -1.97. The van der Waals surface area contributed by atoms with E-state index in [1.807, 2.05) is 26.0 Å². The van der Waals surface area contributed by atoms with E-state index >= 15 is 0 Å². The van der Waals surface area contributed by atoms with E-state index in [0.717, 1.165) is 23.1 Å².